The third kappa shape index (κ3) is 4.45. The van der Waals surface area contributed by atoms with Crippen molar-refractivity contribution in [1.29, 1.82) is 0 Å². The Morgan fingerprint density at radius 1 is 1.39 bits per heavy atom. The van der Waals surface area contributed by atoms with Crippen molar-refractivity contribution >= 4 is 5.97 Å². The summed E-state index contributed by atoms with van der Waals surface area (Å²) >= 11 is 0. The molecule has 0 radical (unpaired) electrons. The smallest absolute Gasteiger partial charge is 0.307 e. The quantitative estimate of drug-likeness (QED) is 0.792. The molecule has 4 heteroatoms. The van der Waals surface area contributed by atoms with Crippen molar-refractivity contribution < 1.29 is 13.9 Å². The van der Waals surface area contributed by atoms with E-state index in [0.29, 0.717) is 12.2 Å². The van der Waals surface area contributed by atoms with Gasteiger partial charge in [-0.25, -0.2) is 4.39 Å². The van der Waals surface area contributed by atoms with Crippen LogP contribution >= 0.6 is 0 Å². The molecule has 0 aliphatic heterocycles. The second kappa shape index (κ2) is 7.11. The first-order valence-electron chi connectivity index (χ1n) is 6.20. The van der Waals surface area contributed by atoms with E-state index in [-0.39, 0.29) is 30.3 Å². The maximum Gasteiger partial charge on any atom is 0.307 e. The molecule has 1 rings (SSSR count). The lowest BCUT2D eigenvalue weighted by atomic mass is 10.1. The highest BCUT2D eigenvalue weighted by Crippen LogP contribution is 2.17. The molecule has 1 aromatic carbocycles. The minimum Gasteiger partial charge on any atom is -0.466 e. The molecule has 0 heterocycles. The largest absolute Gasteiger partial charge is 0.466 e. The second-order valence-electron chi connectivity index (χ2n) is 4.32. The molecule has 0 aliphatic carbocycles. The highest BCUT2D eigenvalue weighted by atomic mass is 19.1. The molecule has 100 valence electrons. The van der Waals surface area contributed by atoms with Gasteiger partial charge in [0.2, 0.25) is 0 Å². The molecule has 1 unspecified atom stereocenters. The first kappa shape index (κ1) is 14.6. The molecular formula is C14H20FNO2. The predicted molar refractivity (Wildman–Crippen MR) is 68.7 cm³/mol. The molecule has 1 N–H and O–H groups in total. The van der Waals surface area contributed by atoms with Crippen LogP contribution in [0.1, 0.15) is 38.8 Å². The minimum atomic E-state index is -0.238. The summed E-state index contributed by atoms with van der Waals surface area (Å²) in [5.74, 6) is -0.473. The van der Waals surface area contributed by atoms with E-state index in [1.165, 1.54) is 6.07 Å². The van der Waals surface area contributed by atoms with Crippen LogP contribution in [0.4, 0.5) is 4.39 Å². The second-order valence-corrected chi connectivity index (χ2v) is 4.32. The van der Waals surface area contributed by atoms with E-state index in [9.17, 15) is 9.18 Å². The lowest BCUT2D eigenvalue weighted by molar-refractivity contribution is -0.143. The van der Waals surface area contributed by atoms with Crippen molar-refractivity contribution in [3.05, 3.63) is 35.6 Å². The molecule has 0 saturated carbocycles. The molecule has 0 spiro atoms. The Morgan fingerprint density at radius 3 is 2.67 bits per heavy atom. The molecule has 0 fully saturated rings. The summed E-state index contributed by atoms with van der Waals surface area (Å²) in [5.41, 5.74) is 0.605. The summed E-state index contributed by atoms with van der Waals surface area (Å²) in [4.78, 5) is 11.3. The minimum absolute atomic E-state index is 0.0568. The number of halogens is 1. The first-order chi connectivity index (χ1) is 8.54. The van der Waals surface area contributed by atoms with Crippen LogP contribution in [0.5, 0.6) is 0 Å². The predicted octanol–water partition coefficient (Wildman–Crippen LogP) is 2.82. The number of benzene rings is 1. The van der Waals surface area contributed by atoms with Crippen molar-refractivity contribution in [3.8, 4) is 0 Å². The van der Waals surface area contributed by atoms with Crippen LogP contribution in [0.3, 0.4) is 0 Å². The maximum absolute atomic E-state index is 13.5. The Labute approximate surface area is 107 Å². The van der Waals surface area contributed by atoms with Crippen LogP contribution in [0.2, 0.25) is 0 Å². The summed E-state index contributed by atoms with van der Waals surface area (Å²) in [6.45, 7) is 5.92. The number of rotatable bonds is 6. The number of esters is 1. The van der Waals surface area contributed by atoms with Crippen LogP contribution < -0.4 is 5.32 Å². The summed E-state index contributed by atoms with van der Waals surface area (Å²) in [7, 11) is 0. The molecule has 2 atom stereocenters. The fourth-order valence-corrected chi connectivity index (χ4v) is 1.87. The zero-order valence-electron chi connectivity index (χ0n) is 11.1. The van der Waals surface area contributed by atoms with Crippen LogP contribution in [-0.4, -0.2) is 18.6 Å². The monoisotopic (exact) mass is 253 g/mol. The lowest BCUT2D eigenvalue weighted by Gasteiger charge is -2.20. The van der Waals surface area contributed by atoms with Crippen LogP contribution in [-0.2, 0) is 9.53 Å². The first-order valence-corrected chi connectivity index (χ1v) is 6.20. The molecule has 0 aromatic heterocycles. The summed E-state index contributed by atoms with van der Waals surface area (Å²) in [5, 5.41) is 3.19. The van der Waals surface area contributed by atoms with Gasteiger partial charge in [-0.15, -0.1) is 0 Å². The summed E-state index contributed by atoms with van der Waals surface area (Å²) in [6, 6.07) is 6.43. The summed E-state index contributed by atoms with van der Waals surface area (Å²) < 4.78 is 18.4. The van der Waals surface area contributed by atoms with Gasteiger partial charge in [0.1, 0.15) is 5.82 Å². The van der Waals surface area contributed by atoms with E-state index < -0.39 is 0 Å². The van der Waals surface area contributed by atoms with E-state index >= 15 is 0 Å². The van der Waals surface area contributed by atoms with Gasteiger partial charge in [-0.05, 0) is 26.8 Å². The number of nitrogens with one attached hydrogen (secondary N) is 1. The van der Waals surface area contributed by atoms with Crippen molar-refractivity contribution in [3.63, 3.8) is 0 Å². The van der Waals surface area contributed by atoms with E-state index in [0.717, 1.165) is 0 Å². The zero-order chi connectivity index (χ0) is 13.5. The van der Waals surface area contributed by atoms with Gasteiger partial charge in [0.25, 0.3) is 0 Å². The lowest BCUT2D eigenvalue weighted by Crippen LogP contribution is -2.31. The molecule has 1 aromatic rings. The summed E-state index contributed by atoms with van der Waals surface area (Å²) in [6.07, 6.45) is 0.284. The number of carbonyl (C=O) groups excluding carboxylic acids is 1. The maximum atomic E-state index is 13.5. The third-order valence-electron chi connectivity index (χ3n) is 2.68. The van der Waals surface area contributed by atoms with Crippen molar-refractivity contribution in [1.82, 2.24) is 5.32 Å². The molecule has 0 amide bonds. The molecule has 0 saturated heterocycles. The van der Waals surface area contributed by atoms with Gasteiger partial charge < -0.3 is 10.1 Å². The average Bonchev–Trinajstić information content (AvgIpc) is 2.29. The van der Waals surface area contributed by atoms with E-state index in [2.05, 4.69) is 5.32 Å². The fraction of sp³-hybridized carbons (Fsp3) is 0.500. The van der Waals surface area contributed by atoms with E-state index in [1.807, 2.05) is 13.8 Å². The van der Waals surface area contributed by atoms with Crippen molar-refractivity contribution in [2.24, 2.45) is 0 Å². The Hall–Kier alpha value is -1.42. The Bertz CT molecular complexity index is 395. The van der Waals surface area contributed by atoms with Gasteiger partial charge in [0, 0.05) is 17.6 Å². The van der Waals surface area contributed by atoms with E-state index in [1.54, 1.807) is 25.1 Å². The Morgan fingerprint density at radius 2 is 2.06 bits per heavy atom. The number of ether oxygens (including phenoxy) is 1. The Kier molecular flexibility index (Phi) is 5.78. The highest BCUT2D eigenvalue weighted by Gasteiger charge is 2.15. The molecular weight excluding hydrogens is 233 g/mol. The number of hydrogen-bond acceptors (Lipinski definition) is 3. The standard InChI is InChI=1S/C14H20FNO2/c1-4-18-14(17)9-10(2)16-11(3)12-7-5-6-8-13(12)15/h5-8,10-11,16H,4,9H2,1-3H3/t10?,11-/m1/s1. The number of hydrogen-bond donors (Lipinski definition) is 1. The van der Waals surface area contributed by atoms with E-state index in [4.69, 9.17) is 4.74 Å². The van der Waals surface area contributed by atoms with Gasteiger partial charge in [-0.3, -0.25) is 4.79 Å². The molecule has 3 nitrogen and oxygen atoms in total. The molecule has 0 bridgehead atoms. The SMILES string of the molecule is CCOC(=O)CC(C)N[C@H](C)c1ccccc1F. The molecule has 18 heavy (non-hydrogen) atoms. The molecule has 0 aliphatic rings. The van der Waals surface area contributed by atoms with Crippen LogP contribution in [0.25, 0.3) is 0 Å². The Balaban J connectivity index is 2.52. The van der Waals surface area contributed by atoms with Gasteiger partial charge in [-0.1, -0.05) is 18.2 Å². The normalized spacial score (nSPS) is 14.0. The van der Waals surface area contributed by atoms with Crippen molar-refractivity contribution in [2.45, 2.75) is 39.3 Å². The van der Waals surface area contributed by atoms with Gasteiger partial charge in [0.15, 0.2) is 0 Å². The zero-order valence-corrected chi connectivity index (χ0v) is 11.1. The van der Waals surface area contributed by atoms with Crippen LogP contribution in [0.15, 0.2) is 24.3 Å². The highest BCUT2D eigenvalue weighted by molar-refractivity contribution is 5.70. The topological polar surface area (TPSA) is 38.3 Å². The van der Waals surface area contributed by atoms with Crippen LogP contribution in [0, 0.1) is 5.82 Å². The van der Waals surface area contributed by atoms with Gasteiger partial charge in [0.05, 0.1) is 13.0 Å². The van der Waals surface area contributed by atoms with Gasteiger partial charge in [-0.2, -0.15) is 0 Å². The third-order valence-corrected chi connectivity index (χ3v) is 2.68. The number of carbonyl (C=O) groups is 1. The average molecular weight is 253 g/mol. The van der Waals surface area contributed by atoms with Crippen molar-refractivity contribution in [2.75, 3.05) is 6.61 Å². The van der Waals surface area contributed by atoms with Gasteiger partial charge >= 0.3 is 5.97 Å². The fourth-order valence-electron chi connectivity index (χ4n) is 1.87.